The Kier molecular flexibility index (Phi) is 4.04. The molecule has 94 valence electrons. The molecule has 1 heterocycles. The van der Waals surface area contributed by atoms with Crippen LogP contribution in [-0.4, -0.2) is 16.3 Å². The number of hydrogen-bond donors (Lipinski definition) is 1. The average Bonchev–Trinajstić information content (AvgIpc) is 2.59. The van der Waals surface area contributed by atoms with Gasteiger partial charge < -0.3 is 10.1 Å². The predicted molar refractivity (Wildman–Crippen MR) is 78.5 cm³/mol. The number of rotatable bonds is 3. The topological polar surface area (TPSA) is 38.3 Å². The Labute approximate surface area is 116 Å². The number of nitrogens with one attached hydrogen (secondary N) is 1. The number of thioether (sulfide) groups is 1. The van der Waals surface area contributed by atoms with E-state index in [1.54, 1.807) is 6.08 Å². The average molecular weight is 279 g/mol. The molecule has 1 aliphatic rings. The van der Waals surface area contributed by atoms with Gasteiger partial charge in [-0.1, -0.05) is 42.2 Å². The van der Waals surface area contributed by atoms with Crippen molar-refractivity contribution in [3.05, 3.63) is 34.7 Å². The zero-order valence-electron chi connectivity index (χ0n) is 10.1. The van der Waals surface area contributed by atoms with E-state index >= 15 is 0 Å². The molecule has 1 amide bonds. The fourth-order valence-electron chi connectivity index (χ4n) is 1.52. The molecule has 0 aliphatic carbocycles. The summed E-state index contributed by atoms with van der Waals surface area (Å²) in [6.45, 7) is 3.94. The lowest BCUT2D eigenvalue weighted by molar-refractivity contribution is -0.115. The van der Waals surface area contributed by atoms with Crippen molar-refractivity contribution in [1.82, 2.24) is 5.32 Å². The fourth-order valence-corrected chi connectivity index (χ4v) is 2.56. The molecule has 0 radical (unpaired) electrons. The van der Waals surface area contributed by atoms with Crippen LogP contribution in [0.2, 0.25) is 0 Å². The van der Waals surface area contributed by atoms with Gasteiger partial charge in [-0.25, -0.2) is 0 Å². The molecule has 1 N–H and O–H groups in total. The highest BCUT2D eigenvalue weighted by molar-refractivity contribution is 8.26. The monoisotopic (exact) mass is 279 g/mol. The van der Waals surface area contributed by atoms with Crippen LogP contribution in [0.25, 0.3) is 6.08 Å². The van der Waals surface area contributed by atoms with Crippen molar-refractivity contribution in [3.63, 3.8) is 0 Å². The number of benzene rings is 1. The van der Waals surface area contributed by atoms with Gasteiger partial charge in [0.25, 0.3) is 5.91 Å². The first-order valence-corrected chi connectivity index (χ1v) is 6.79. The maximum Gasteiger partial charge on any atom is 0.263 e. The fraction of sp³-hybridized carbons (Fsp3) is 0.231. The lowest BCUT2D eigenvalue weighted by Crippen LogP contribution is -2.17. The van der Waals surface area contributed by atoms with Crippen molar-refractivity contribution in [1.29, 1.82) is 0 Å². The summed E-state index contributed by atoms with van der Waals surface area (Å²) >= 11 is 6.22. The minimum absolute atomic E-state index is 0.0932. The first kappa shape index (κ1) is 13.1. The maximum absolute atomic E-state index is 11.6. The van der Waals surface area contributed by atoms with Crippen LogP contribution in [-0.2, 0) is 4.79 Å². The predicted octanol–water partition coefficient (Wildman–Crippen LogP) is 2.96. The highest BCUT2D eigenvalue weighted by Crippen LogP contribution is 2.29. The summed E-state index contributed by atoms with van der Waals surface area (Å²) < 4.78 is 6.19. The van der Waals surface area contributed by atoms with E-state index in [2.05, 4.69) is 5.32 Å². The lowest BCUT2D eigenvalue weighted by Gasteiger charge is -2.12. The van der Waals surface area contributed by atoms with E-state index in [4.69, 9.17) is 17.0 Å². The zero-order chi connectivity index (χ0) is 13.1. The minimum atomic E-state index is -0.149. The van der Waals surface area contributed by atoms with Gasteiger partial charge in [0.2, 0.25) is 0 Å². The Morgan fingerprint density at radius 2 is 2.11 bits per heavy atom. The molecule has 0 bridgehead atoms. The number of carbonyl (C=O) groups excluding carboxylic acids is 1. The van der Waals surface area contributed by atoms with Crippen molar-refractivity contribution >= 4 is 40.3 Å². The third-order valence-corrected chi connectivity index (χ3v) is 3.37. The lowest BCUT2D eigenvalue weighted by atomic mass is 10.2. The molecule has 0 atom stereocenters. The molecule has 1 aromatic carbocycles. The van der Waals surface area contributed by atoms with Crippen LogP contribution < -0.4 is 10.1 Å². The molecule has 0 spiro atoms. The summed E-state index contributed by atoms with van der Waals surface area (Å²) in [5, 5.41) is 2.59. The normalized spacial score (nSPS) is 17.4. The molecule has 18 heavy (non-hydrogen) atoms. The quantitative estimate of drug-likeness (QED) is 0.682. The molecule has 1 saturated heterocycles. The Balaban J connectivity index is 2.31. The van der Waals surface area contributed by atoms with E-state index in [1.807, 2.05) is 38.1 Å². The molecule has 1 fully saturated rings. The van der Waals surface area contributed by atoms with Gasteiger partial charge >= 0.3 is 0 Å². The minimum Gasteiger partial charge on any atom is -0.490 e. The van der Waals surface area contributed by atoms with E-state index in [-0.39, 0.29) is 12.0 Å². The number of carbonyl (C=O) groups is 1. The Hall–Kier alpha value is -1.33. The Bertz CT molecular complexity index is 523. The van der Waals surface area contributed by atoms with Crippen LogP contribution in [0.15, 0.2) is 29.2 Å². The molecule has 3 nitrogen and oxygen atoms in total. The Morgan fingerprint density at radius 3 is 2.72 bits per heavy atom. The SMILES string of the molecule is CC(C)Oc1ccccc1/C=C1/SC(=S)NC1=O. The molecule has 1 aliphatic heterocycles. The van der Waals surface area contributed by atoms with Gasteiger partial charge in [0.05, 0.1) is 11.0 Å². The molecule has 0 aromatic heterocycles. The Morgan fingerprint density at radius 1 is 1.39 bits per heavy atom. The van der Waals surface area contributed by atoms with E-state index in [0.29, 0.717) is 9.23 Å². The third kappa shape index (κ3) is 3.11. The van der Waals surface area contributed by atoms with Crippen molar-refractivity contribution in [3.8, 4) is 5.75 Å². The molecule has 1 aromatic rings. The zero-order valence-corrected chi connectivity index (χ0v) is 11.7. The number of ether oxygens (including phenoxy) is 1. The van der Waals surface area contributed by atoms with Gasteiger partial charge in [-0.2, -0.15) is 0 Å². The van der Waals surface area contributed by atoms with Gasteiger partial charge in [-0.15, -0.1) is 0 Å². The van der Waals surface area contributed by atoms with Crippen molar-refractivity contribution in [2.24, 2.45) is 0 Å². The summed E-state index contributed by atoms with van der Waals surface area (Å²) in [7, 11) is 0. The molecule has 0 unspecified atom stereocenters. The number of thiocarbonyl (C=S) groups is 1. The number of amides is 1. The first-order chi connectivity index (χ1) is 8.56. The van der Waals surface area contributed by atoms with Crippen LogP contribution >= 0.6 is 24.0 Å². The van der Waals surface area contributed by atoms with Crippen LogP contribution in [0.1, 0.15) is 19.4 Å². The second-order valence-corrected chi connectivity index (χ2v) is 5.78. The summed E-state index contributed by atoms with van der Waals surface area (Å²) in [6, 6.07) is 7.63. The highest BCUT2D eigenvalue weighted by Gasteiger charge is 2.22. The van der Waals surface area contributed by atoms with E-state index < -0.39 is 0 Å². The van der Waals surface area contributed by atoms with Crippen molar-refractivity contribution in [2.45, 2.75) is 20.0 Å². The van der Waals surface area contributed by atoms with E-state index in [0.717, 1.165) is 11.3 Å². The van der Waals surface area contributed by atoms with Crippen LogP contribution in [0, 0.1) is 0 Å². The van der Waals surface area contributed by atoms with Gasteiger partial charge in [0.15, 0.2) is 0 Å². The molecule has 2 rings (SSSR count). The number of para-hydroxylation sites is 1. The van der Waals surface area contributed by atoms with Gasteiger partial charge in [-0.05, 0) is 26.0 Å². The summed E-state index contributed by atoms with van der Waals surface area (Å²) in [6.07, 6.45) is 1.90. The summed E-state index contributed by atoms with van der Waals surface area (Å²) in [4.78, 5) is 12.2. The van der Waals surface area contributed by atoms with Gasteiger partial charge in [0.1, 0.15) is 10.1 Å². The number of hydrogen-bond acceptors (Lipinski definition) is 4. The van der Waals surface area contributed by atoms with Crippen molar-refractivity contribution in [2.75, 3.05) is 0 Å². The summed E-state index contributed by atoms with van der Waals surface area (Å²) in [5.74, 6) is 0.621. The molecule has 0 saturated carbocycles. The van der Waals surface area contributed by atoms with Crippen LogP contribution in [0.4, 0.5) is 0 Å². The standard InChI is InChI=1S/C13H13NO2S2/c1-8(2)16-10-6-4-3-5-9(10)7-11-12(15)14-13(17)18-11/h3-8H,1-2H3,(H,14,15,17)/b11-7+. The van der Waals surface area contributed by atoms with Crippen molar-refractivity contribution < 1.29 is 9.53 Å². The second kappa shape index (κ2) is 5.54. The highest BCUT2D eigenvalue weighted by atomic mass is 32.2. The molecular formula is C13H13NO2S2. The van der Waals surface area contributed by atoms with E-state index in [9.17, 15) is 4.79 Å². The molecule has 5 heteroatoms. The summed E-state index contributed by atoms with van der Waals surface area (Å²) in [5.41, 5.74) is 0.883. The largest absolute Gasteiger partial charge is 0.490 e. The van der Waals surface area contributed by atoms with Crippen LogP contribution in [0.3, 0.4) is 0 Å². The molecular weight excluding hydrogens is 266 g/mol. The second-order valence-electron chi connectivity index (χ2n) is 4.06. The van der Waals surface area contributed by atoms with Crippen LogP contribution in [0.5, 0.6) is 5.75 Å². The smallest absolute Gasteiger partial charge is 0.263 e. The van der Waals surface area contributed by atoms with E-state index in [1.165, 1.54) is 11.8 Å². The maximum atomic E-state index is 11.6. The first-order valence-electron chi connectivity index (χ1n) is 5.57. The van der Waals surface area contributed by atoms with Gasteiger partial charge in [-0.3, -0.25) is 4.79 Å². The third-order valence-electron chi connectivity index (χ3n) is 2.21. The van der Waals surface area contributed by atoms with Gasteiger partial charge in [0, 0.05) is 5.56 Å².